The van der Waals surface area contributed by atoms with Crippen molar-refractivity contribution in [2.75, 3.05) is 20.6 Å². The summed E-state index contributed by atoms with van der Waals surface area (Å²) in [5, 5.41) is 5.32. The number of carbonyl (C=O) groups excluding carboxylic acids is 2. The van der Waals surface area contributed by atoms with Gasteiger partial charge in [-0.3, -0.25) is 9.59 Å². The first kappa shape index (κ1) is 21.1. The number of nitrogens with zero attached hydrogens (tertiary/aromatic N) is 2. The van der Waals surface area contributed by atoms with Gasteiger partial charge in [-0.05, 0) is 12.1 Å². The van der Waals surface area contributed by atoms with Crippen molar-refractivity contribution in [3.63, 3.8) is 0 Å². The summed E-state index contributed by atoms with van der Waals surface area (Å²) >= 11 is 1.40. The Labute approximate surface area is 157 Å². The topological polar surface area (TPSA) is 88.3 Å². The van der Waals surface area contributed by atoms with E-state index in [1.54, 1.807) is 19.5 Å². The third-order valence-electron chi connectivity index (χ3n) is 3.47. The van der Waals surface area contributed by atoms with Crippen molar-refractivity contribution in [2.45, 2.75) is 18.9 Å². The van der Waals surface area contributed by atoms with E-state index in [1.165, 1.54) is 16.2 Å². The number of aromatic nitrogens is 1. The van der Waals surface area contributed by atoms with E-state index in [1.807, 2.05) is 30.3 Å². The van der Waals surface area contributed by atoms with Gasteiger partial charge in [-0.1, -0.05) is 30.3 Å². The van der Waals surface area contributed by atoms with Gasteiger partial charge in [0, 0.05) is 32.3 Å². The smallest absolute Gasteiger partial charge is 0.271 e. The van der Waals surface area contributed by atoms with E-state index >= 15 is 0 Å². The van der Waals surface area contributed by atoms with Gasteiger partial charge in [0.25, 0.3) is 5.91 Å². The van der Waals surface area contributed by atoms with Gasteiger partial charge in [-0.25, -0.2) is 4.98 Å². The molecule has 0 spiro atoms. The molecule has 2 aromatic rings. The minimum atomic E-state index is -0.630. The molecule has 0 aliphatic heterocycles. The number of thiazole rings is 1. The Morgan fingerprint density at radius 2 is 1.96 bits per heavy atom. The van der Waals surface area contributed by atoms with Crippen LogP contribution in [0.15, 0.2) is 35.7 Å². The summed E-state index contributed by atoms with van der Waals surface area (Å²) in [7, 11) is 3.35. The van der Waals surface area contributed by atoms with Gasteiger partial charge in [0.2, 0.25) is 5.91 Å². The zero-order valence-electron chi connectivity index (χ0n) is 14.3. The van der Waals surface area contributed by atoms with Gasteiger partial charge in [0.1, 0.15) is 11.7 Å². The molecule has 1 aromatic heterocycles. The van der Waals surface area contributed by atoms with Crippen molar-refractivity contribution in [1.82, 2.24) is 15.2 Å². The van der Waals surface area contributed by atoms with Crippen LogP contribution < -0.4 is 11.1 Å². The van der Waals surface area contributed by atoms with Crippen LogP contribution in [-0.2, 0) is 17.6 Å². The van der Waals surface area contributed by atoms with Crippen molar-refractivity contribution >= 4 is 35.6 Å². The van der Waals surface area contributed by atoms with Gasteiger partial charge >= 0.3 is 0 Å². The summed E-state index contributed by atoms with van der Waals surface area (Å²) in [6.45, 7) is 0.490. The number of halogens is 1. The molecule has 6 nitrogen and oxygen atoms in total. The van der Waals surface area contributed by atoms with Crippen LogP contribution in [-0.4, -0.2) is 48.4 Å². The van der Waals surface area contributed by atoms with Gasteiger partial charge in [0.05, 0.1) is 5.01 Å². The van der Waals surface area contributed by atoms with E-state index in [9.17, 15) is 9.59 Å². The third-order valence-corrected chi connectivity index (χ3v) is 4.38. The molecular weight excluding hydrogens is 360 g/mol. The Bertz CT molecular complexity index is 691. The SMILES string of the molecule is CN(C)C(=O)C(Cc1ccccc1)NC(=O)c1csc(CCN)n1.Cl. The minimum absolute atomic E-state index is 0. The second-order valence-electron chi connectivity index (χ2n) is 5.61. The summed E-state index contributed by atoms with van der Waals surface area (Å²) in [5.74, 6) is -0.490. The van der Waals surface area contributed by atoms with Crippen LogP contribution in [0.5, 0.6) is 0 Å². The lowest BCUT2D eigenvalue weighted by atomic mass is 10.0. The highest BCUT2D eigenvalue weighted by Crippen LogP contribution is 2.11. The average molecular weight is 383 g/mol. The summed E-state index contributed by atoms with van der Waals surface area (Å²) in [5.41, 5.74) is 6.81. The van der Waals surface area contributed by atoms with Crippen LogP contribution in [0.3, 0.4) is 0 Å². The molecule has 25 heavy (non-hydrogen) atoms. The molecule has 1 unspecified atom stereocenters. The number of carbonyl (C=O) groups is 2. The van der Waals surface area contributed by atoms with Crippen LogP contribution in [0.25, 0.3) is 0 Å². The van der Waals surface area contributed by atoms with Crippen LogP contribution in [0.2, 0.25) is 0 Å². The first-order chi connectivity index (χ1) is 11.5. The van der Waals surface area contributed by atoms with E-state index in [2.05, 4.69) is 10.3 Å². The summed E-state index contributed by atoms with van der Waals surface area (Å²) in [4.78, 5) is 30.6. The van der Waals surface area contributed by atoms with Gasteiger partial charge in [-0.2, -0.15) is 0 Å². The molecule has 8 heteroatoms. The highest BCUT2D eigenvalue weighted by Gasteiger charge is 2.24. The van der Waals surface area contributed by atoms with Crippen LogP contribution >= 0.6 is 23.7 Å². The van der Waals surface area contributed by atoms with Crippen molar-refractivity contribution < 1.29 is 9.59 Å². The fourth-order valence-corrected chi connectivity index (χ4v) is 3.04. The van der Waals surface area contributed by atoms with Gasteiger partial charge in [-0.15, -0.1) is 23.7 Å². The number of amides is 2. The number of likely N-dealkylation sites (N-methyl/N-ethyl adjacent to an activating group) is 1. The quantitative estimate of drug-likeness (QED) is 0.759. The van der Waals surface area contributed by atoms with Crippen molar-refractivity contribution in [2.24, 2.45) is 5.73 Å². The molecule has 0 fully saturated rings. The third kappa shape index (κ3) is 6.12. The number of benzene rings is 1. The minimum Gasteiger partial charge on any atom is -0.347 e. The second-order valence-corrected chi connectivity index (χ2v) is 6.56. The molecule has 0 saturated heterocycles. The number of rotatable bonds is 7. The fourth-order valence-electron chi connectivity index (χ4n) is 2.25. The molecule has 1 heterocycles. The maximum atomic E-state index is 12.4. The van der Waals surface area contributed by atoms with Gasteiger partial charge in [0.15, 0.2) is 0 Å². The van der Waals surface area contributed by atoms with Crippen LogP contribution in [0, 0.1) is 0 Å². The molecule has 0 radical (unpaired) electrons. The molecule has 2 amide bonds. The van der Waals surface area contributed by atoms with Gasteiger partial charge < -0.3 is 16.0 Å². The largest absolute Gasteiger partial charge is 0.347 e. The van der Waals surface area contributed by atoms with E-state index in [0.29, 0.717) is 25.1 Å². The van der Waals surface area contributed by atoms with Crippen molar-refractivity contribution in [3.05, 3.63) is 52.0 Å². The maximum Gasteiger partial charge on any atom is 0.271 e. The number of nitrogens with one attached hydrogen (secondary N) is 1. The summed E-state index contributed by atoms with van der Waals surface area (Å²) < 4.78 is 0. The molecule has 0 aliphatic carbocycles. The van der Waals surface area contributed by atoms with E-state index in [4.69, 9.17) is 5.73 Å². The number of hydrogen-bond donors (Lipinski definition) is 2. The molecule has 0 aliphatic rings. The zero-order chi connectivity index (χ0) is 17.5. The summed E-state index contributed by atoms with van der Waals surface area (Å²) in [6.07, 6.45) is 1.07. The summed E-state index contributed by atoms with van der Waals surface area (Å²) in [6, 6.07) is 8.98. The molecule has 1 aromatic carbocycles. The number of hydrogen-bond acceptors (Lipinski definition) is 5. The molecule has 3 N–H and O–H groups in total. The Hall–Kier alpha value is -1.96. The predicted molar refractivity (Wildman–Crippen MR) is 102 cm³/mol. The van der Waals surface area contributed by atoms with E-state index < -0.39 is 6.04 Å². The van der Waals surface area contributed by atoms with E-state index in [0.717, 1.165) is 10.6 Å². The van der Waals surface area contributed by atoms with Crippen LogP contribution in [0.4, 0.5) is 0 Å². The molecule has 1 atom stereocenters. The maximum absolute atomic E-state index is 12.4. The van der Waals surface area contributed by atoms with Crippen molar-refractivity contribution in [3.8, 4) is 0 Å². The zero-order valence-corrected chi connectivity index (χ0v) is 15.9. The monoisotopic (exact) mass is 382 g/mol. The molecule has 2 rings (SSSR count). The second kappa shape index (κ2) is 10.1. The lowest BCUT2D eigenvalue weighted by Crippen LogP contribution is -2.47. The fraction of sp³-hybridized carbons (Fsp3) is 0.353. The predicted octanol–water partition coefficient (Wildman–Crippen LogP) is 1.50. The van der Waals surface area contributed by atoms with Crippen molar-refractivity contribution in [1.29, 1.82) is 0 Å². The Balaban J connectivity index is 0.00000312. The first-order valence-corrected chi connectivity index (χ1v) is 8.59. The first-order valence-electron chi connectivity index (χ1n) is 7.71. The lowest BCUT2D eigenvalue weighted by Gasteiger charge is -2.21. The highest BCUT2D eigenvalue weighted by atomic mass is 35.5. The Morgan fingerprint density at radius 3 is 2.56 bits per heavy atom. The number of nitrogens with two attached hydrogens (primary N) is 1. The molecule has 0 saturated carbocycles. The van der Waals surface area contributed by atoms with E-state index in [-0.39, 0.29) is 24.2 Å². The molecular formula is C17H23ClN4O2S. The molecule has 0 bridgehead atoms. The highest BCUT2D eigenvalue weighted by molar-refractivity contribution is 7.09. The standard InChI is InChI=1S/C17H22N4O2S.ClH/c1-21(2)17(23)13(10-12-6-4-3-5-7-12)20-16(22)14-11-24-15(19-14)8-9-18;/h3-7,11,13H,8-10,18H2,1-2H3,(H,20,22);1H. The lowest BCUT2D eigenvalue weighted by molar-refractivity contribution is -0.130. The Morgan fingerprint density at radius 1 is 1.28 bits per heavy atom. The average Bonchev–Trinajstić information content (AvgIpc) is 3.03. The Kier molecular flexibility index (Phi) is 8.54. The normalized spacial score (nSPS) is 11.3. The van der Waals surface area contributed by atoms with Crippen LogP contribution in [0.1, 0.15) is 21.1 Å². The molecule has 136 valence electrons.